The van der Waals surface area contributed by atoms with Crippen molar-refractivity contribution in [2.75, 3.05) is 33.4 Å². The van der Waals surface area contributed by atoms with E-state index in [1.807, 2.05) is 6.07 Å². The predicted octanol–water partition coefficient (Wildman–Crippen LogP) is 1.70. The molecule has 0 saturated carbocycles. The van der Waals surface area contributed by atoms with Gasteiger partial charge in [0.2, 0.25) is 0 Å². The number of hydrogen-bond acceptors (Lipinski definition) is 6. The third-order valence-electron chi connectivity index (χ3n) is 4.84. The van der Waals surface area contributed by atoms with Gasteiger partial charge in [-0.15, -0.1) is 0 Å². The van der Waals surface area contributed by atoms with Gasteiger partial charge >= 0.3 is 0 Å². The Hall–Kier alpha value is -3.16. The zero-order valence-electron chi connectivity index (χ0n) is 16.2. The number of carbonyl (C=O) groups is 2. The molecule has 1 aliphatic rings. The highest BCUT2D eigenvalue weighted by Crippen LogP contribution is 2.39. The van der Waals surface area contributed by atoms with Crippen LogP contribution >= 0.6 is 0 Å². The van der Waals surface area contributed by atoms with Crippen molar-refractivity contribution in [3.8, 4) is 5.75 Å². The molecule has 7 heteroatoms. The zero-order valence-corrected chi connectivity index (χ0v) is 16.2. The summed E-state index contributed by atoms with van der Waals surface area (Å²) in [6.45, 7) is 1.04. The number of Topliss-reactive ketones (excluding diaryl/α,β-unsaturated/α-hetero) is 1. The summed E-state index contributed by atoms with van der Waals surface area (Å²) in [5, 5.41) is 22.8. The Morgan fingerprint density at radius 2 is 1.76 bits per heavy atom. The largest absolute Gasteiger partial charge is 0.507 e. The number of rotatable bonds is 8. The van der Waals surface area contributed by atoms with E-state index in [4.69, 9.17) is 9.84 Å². The van der Waals surface area contributed by atoms with Crippen LogP contribution in [0.3, 0.4) is 0 Å². The molecule has 152 valence electrons. The molecule has 2 aromatic rings. The number of aliphatic hydroxyl groups excluding tert-OH is 2. The number of benzene rings is 2. The van der Waals surface area contributed by atoms with Crippen LogP contribution in [-0.2, 0) is 9.59 Å². The van der Waals surface area contributed by atoms with Crippen molar-refractivity contribution in [1.29, 1.82) is 0 Å². The number of carbonyl (C=O) groups excluding carboxylic acids is 2. The lowest BCUT2D eigenvalue weighted by atomic mass is 9.95. The average Bonchev–Trinajstić information content (AvgIpc) is 3.01. The summed E-state index contributed by atoms with van der Waals surface area (Å²) >= 11 is 0. The van der Waals surface area contributed by atoms with Crippen LogP contribution in [0, 0.1) is 0 Å². The molecule has 0 aromatic heterocycles. The summed E-state index contributed by atoms with van der Waals surface area (Å²) < 4.78 is 5.19. The molecule has 0 bridgehead atoms. The molecule has 0 radical (unpaired) electrons. The van der Waals surface area contributed by atoms with Crippen LogP contribution in [0.15, 0.2) is 60.2 Å². The number of ether oxygens (including phenoxy) is 1. The molecule has 29 heavy (non-hydrogen) atoms. The van der Waals surface area contributed by atoms with Crippen LogP contribution in [-0.4, -0.2) is 60.2 Å². The highest BCUT2D eigenvalue weighted by Gasteiger charge is 2.45. The molecule has 3 rings (SSSR count). The number of methoxy groups -OCH3 is 1. The van der Waals surface area contributed by atoms with E-state index in [2.05, 4.69) is 5.32 Å². The summed E-state index contributed by atoms with van der Waals surface area (Å²) in [6.07, 6.45) is 0. The summed E-state index contributed by atoms with van der Waals surface area (Å²) in [7, 11) is 1.56. The van der Waals surface area contributed by atoms with E-state index in [0.717, 1.165) is 0 Å². The Bertz CT molecular complexity index is 893. The fourth-order valence-electron chi connectivity index (χ4n) is 3.40. The monoisotopic (exact) mass is 396 g/mol. The average molecular weight is 396 g/mol. The van der Waals surface area contributed by atoms with Crippen molar-refractivity contribution in [3.63, 3.8) is 0 Å². The Morgan fingerprint density at radius 1 is 1.07 bits per heavy atom. The van der Waals surface area contributed by atoms with Gasteiger partial charge in [-0.3, -0.25) is 9.59 Å². The van der Waals surface area contributed by atoms with Crippen LogP contribution in [0.25, 0.3) is 5.76 Å². The Morgan fingerprint density at radius 3 is 2.38 bits per heavy atom. The van der Waals surface area contributed by atoms with Gasteiger partial charge < -0.3 is 25.2 Å². The molecule has 1 aliphatic heterocycles. The molecule has 1 saturated heterocycles. The summed E-state index contributed by atoms with van der Waals surface area (Å²) in [6, 6.07) is 15.1. The molecular weight excluding hydrogens is 372 g/mol. The first-order valence-corrected chi connectivity index (χ1v) is 9.37. The number of aliphatic hydroxyl groups is 2. The molecule has 7 nitrogen and oxygen atoms in total. The van der Waals surface area contributed by atoms with Crippen molar-refractivity contribution >= 4 is 17.4 Å². The molecule has 3 N–H and O–H groups in total. The minimum absolute atomic E-state index is 0.0191. The quantitative estimate of drug-likeness (QED) is 0.272. The Labute approximate surface area is 169 Å². The summed E-state index contributed by atoms with van der Waals surface area (Å²) in [5.41, 5.74) is 1.24. The third-order valence-corrected chi connectivity index (χ3v) is 4.84. The van der Waals surface area contributed by atoms with Crippen molar-refractivity contribution in [2.24, 2.45) is 0 Å². The van der Waals surface area contributed by atoms with Gasteiger partial charge in [0.1, 0.15) is 11.5 Å². The highest BCUT2D eigenvalue weighted by molar-refractivity contribution is 6.46. The maximum atomic E-state index is 12.8. The summed E-state index contributed by atoms with van der Waals surface area (Å²) in [4.78, 5) is 27.0. The van der Waals surface area contributed by atoms with Crippen LogP contribution in [0.5, 0.6) is 5.75 Å². The van der Waals surface area contributed by atoms with Crippen LogP contribution in [0.4, 0.5) is 0 Å². The molecule has 0 unspecified atom stereocenters. The lowest BCUT2D eigenvalue weighted by molar-refractivity contribution is -0.139. The number of likely N-dealkylation sites (tertiary alicyclic amines) is 1. The maximum Gasteiger partial charge on any atom is 0.295 e. The van der Waals surface area contributed by atoms with Crippen molar-refractivity contribution < 1.29 is 24.5 Å². The molecule has 1 fully saturated rings. The fraction of sp³-hybridized carbons (Fsp3) is 0.273. The Kier molecular flexibility index (Phi) is 6.64. The standard InChI is InChI=1S/C22H24N2O5/c1-29-17-9-7-15(8-10-17)19-18(20(26)16-5-3-2-4-6-16)21(27)22(28)24(19)13-11-23-12-14-25/h2-10,19,23,25-26H,11-14H2,1H3/t19-/m1/s1. The predicted molar refractivity (Wildman–Crippen MR) is 108 cm³/mol. The molecular formula is C22H24N2O5. The molecule has 1 heterocycles. The van der Waals surface area contributed by atoms with Gasteiger partial charge in [0.05, 0.1) is 25.3 Å². The van der Waals surface area contributed by atoms with E-state index in [1.54, 1.807) is 55.6 Å². The number of nitrogens with one attached hydrogen (secondary N) is 1. The van der Waals surface area contributed by atoms with Crippen LogP contribution in [0.2, 0.25) is 0 Å². The number of hydrogen-bond donors (Lipinski definition) is 3. The normalized spacial score (nSPS) is 18.3. The maximum absolute atomic E-state index is 12.8. The third kappa shape index (κ3) is 4.31. The second-order valence-electron chi connectivity index (χ2n) is 6.61. The molecule has 1 amide bonds. The fourth-order valence-corrected chi connectivity index (χ4v) is 3.40. The Balaban J connectivity index is 2.04. The first-order valence-electron chi connectivity index (χ1n) is 9.37. The van der Waals surface area contributed by atoms with E-state index in [-0.39, 0.29) is 24.5 Å². The first kappa shape index (κ1) is 20.6. The van der Waals surface area contributed by atoms with Gasteiger partial charge in [-0.1, -0.05) is 42.5 Å². The highest BCUT2D eigenvalue weighted by atomic mass is 16.5. The first-order chi connectivity index (χ1) is 14.1. The lowest BCUT2D eigenvalue weighted by Crippen LogP contribution is -2.36. The van der Waals surface area contributed by atoms with Gasteiger partial charge in [-0.2, -0.15) is 0 Å². The van der Waals surface area contributed by atoms with Gasteiger partial charge in [-0.25, -0.2) is 0 Å². The molecule has 0 spiro atoms. The van der Waals surface area contributed by atoms with Gasteiger partial charge in [0, 0.05) is 25.2 Å². The molecule has 2 aromatic carbocycles. The minimum atomic E-state index is -0.714. The van der Waals surface area contributed by atoms with E-state index < -0.39 is 17.7 Å². The molecule has 1 atom stereocenters. The van der Waals surface area contributed by atoms with E-state index in [0.29, 0.717) is 30.0 Å². The second kappa shape index (κ2) is 9.36. The van der Waals surface area contributed by atoms with E-state index in [1.165, 1.54) is 4.90 Å². The number of ketones is 1. The van der Waals surface area contributed by atoms with Crippen molar-refractivity contribution in [3.05, 3.63) is 71.3 Å². The smallest absolute Gasteiger partial charge is 0.295 e. The van der Waals surface area contributed by atoms with E-state index in [9.17, 15) is 14.7 Å². The van der Waals surface area contributed by atoms with Crippen molar-refractivity contribution in [2.45, 2.75) is 6.04 Å². The lowest BCUT2D eigenvalue weighted by Gasteiger charge is -2.25. The topological polar surface area (TPSA) is 99.1 Å². The van der Waals surface area contributed by atoms with Gasteiger partial charge in [0.25, 0.3) is 11.7 Å². The minimum Gasteiger partial charge on any atom is -0.507 e. The van der Waals surface area contributed by atoms with Gasteiger partial charge in [-0.05, 0) is 17.7 Å². The zero-order chi connectivity index (χ0) is 20.8. The van der Waals surface area contributed by atoms with E-state index >= 15 is 0 Å². The number of amides is 1. The van der Waals surface area contributed by atoms with Crippen molar-refractivity contribution in [1.82, 2.24) is 10.2 Å². The molecule has 0 aliphatic carbocycles. The summed E-state index contributed by atoms with van der Waals surface area (Å²) in [5.74, 6) is -0.919. The second-order valence-corrected chi connectivity index (χ2v) is 6.61. The van der Waals surface area contributed by atoms with Crippen LogP contribution < -0.4 is 10.1 Å². The SMILES string of the molecule is COc1ccc([C@@H]2C(=C(O)c3ccccc3)C(=O)C(=O)N2CCNCCO)cc1. The van der Waals surface area contributed by atoms with Crippen LogP contribution in [0.1, 0.15) is 17.2 Å². The van der Waals surface area contributed by atoms with Gasteiger partial charge in [0.15, 0.2) is 0 Å². The number of nitrogens with zero attached hydrogens (tertiary/aromatic N) is 1.